The number of aliphatic hydroxyl groups excluding tert-OH is 1. The van der Waals surface area contributed by atoms with E-state index in [0.717, 1.165) is 39.3 Å². The number of fused-ring (bicyclic) bond motifs is 1. The molecule has 182 valence electrons. The molecule has 1 heterocycles. The standard InChI is InChI=1S/C28H32N4O3/c1-19-30-24-12-11-21(15-25(24)31-19)16-28(34)32-26(14-20-7-4-3-5-8-20)27(33)18-29-17-22-9-6-10-23(13-22)35-2/h3-13,15,26-27,29,33H,14,16-18H2,1-2H3,(H,30,31)(H,32,34)/t26-,27+/m0/s1. The summed E-state index contributed by atoms with van der Waals surface area (Å²) in [5, 5.41) is 17.3. The van der Waals surface area contributed by atoms with Gasteiger partial charge in [0.25, 0.3) is 0 Å². The van der Waals surface area contributed by atoms with E-state index in [1.54, 1.807) is 7.11 Å². The highest BCUT2D eigenvalue weighted by Gasteiger charge is 2.22. The van der Waals surface area contributed by atoms with Crippen molar-refractivity contribution >= 4 is 16.9 Å². The number of carbonyl (C=O) groups is 1. The van der Waals surface area contributed by atoms with Gasteiger partial charge in [-0.05, 0) is 54.3 Å². The molecular formula is C28H32N4O3. The first-order valence-corrected chi connectivity index (χ1v) is 11.8. The molecular weight excluding hydrogens is 440 g/mol. The number of hydrogen-bond donors (Lipinski definition) is 4. The van der Waals surface area contributed by atoms with Crippen LogP contribution in [0.4, 0.5) is 0 Å². The molecule has 4 aromatic rings. The lowest BCUT2D eigenvalue weighted by Gasteiger charge is -2.25. The van der Waals surface area contributed by atoms with E-state index in [1.165, 1.54) is 0 Å². The highest BCUT2D eigenvalue weighted by atomic mass is 16.5. The fourth-order valence-corrected chi connectivity index (χ4v) is 4.18. The lowest BCUT2D eigenvalue weighted by molar-refractivity contribution is -0.122. The first-order chi connectivity index (χ1) is 17.0. The van der Waals surface area contributed by atoms with E-state index < -0.39 is 12.1 Å². The molecule has 3 aromatic carbocycles. The van der Waals surface area contributed by atoms with Gasteiger partial charge in [0.1, 0.15) is 11.6 Å². The molecule has 35 heavy (non-hydrogen) atoms. The van der Waals surface area contributed by atoms with Crippen LogP contribution in [0.1, 0.15) is 22.5 Å². The molecule has 7 nitrogen and oxygen atoms in total. The van der Waals surface area contributed by atoms with E-state index in [2.05, 4.69) is 20.6 Å². The van der Waals surface area contributed by atoms with E-state index in [0.29, 0.717) is 19.5 Å². The summed E-state index contributed by atoms with van der Waals surface area (Å²) in [4.78, 5) is 20.6. The highest BCUT2D eigenvalue weighted by molar-refractivity contribution is 5.82. The Balaban J connectivity index is 1.39. The zero-order valence-corrected chi connectivity index (χ0v) is 20.1. The molecule has 0 spiro atoms. The van der Waals surface area contributed by atoms with Crippen molar-refractivity contribution in [3.05, 3.63) is 95.3 Å². The second-order valence-corrected chi connectivity index (χ2v) is 8.76. The van der Waals surface area contributed by atoms with Gasteiger partial charge in [-0.3, -0.25) is 4.79 Å². The Morgan fingerprint density at radius 1 is 1.03 bits per heavy atom. The van der Waals surface area contributed by atoms with Crippen molar-refractivity contribution in [2.75, 3.05) is 13.7 Å². The number of hydrogen-bond acceptors (Lipinski definition) is 5. The summed E-state index contributed by atoms with van der Waals surface area (Å²) in [6.45, 7) is 2.84. The van der Waals surface area contributed by atoms with E-state index in [-0.39, 0.29) is 12.3 Å². The second kappa shape index (κ2) is 11.6. The molecule has 4 rings (SSSR count). The number of aliphatic hydroxyl groups is 1. The number of ether oxygens (including phenoxy) is 1. The molecule has 7 heteroatoms. The molecule has 0 radical (unpaired) electrons. The maximum absolute atomic E-state index is 12.9. The van der Waals surface area contributed by atoms with Crippen LogP contribution in [0.3, 0.4) is 0 Å². The Bertz CT molecular complexity index is 1260. The Hall–Kier alpha value is -3.68. The number of aromatic nitrogens is 2. The Kier molecular flexibility index (Phi) is 8.13. The molecule has 0 bridgehead atoms. The van der Waals surface area contributed by atoms with Gasteiger partial charge in [-0.15, -0.1) is 0 Å². The molecule has 0 unspecified atom stereocenters. The minimum absolute atomic E-state index is 0.131. The number of methoxy groups -OCH3 is 1. The van der Waals surface area contributed by atoms with Crippen LogP contribution >= 0.6 is 0 Å². The number of benzene rings is 3. The van der Waals surface area contributed by atoms with Gasteiger partial charge in [-0.1, -0.05) is 48.5 Å². The molecule has 0 saturated carbocycles. The smallest absolute Gasteiger partial charge is 0.224 e. The molecule has 0 aliphatic rings. The molecule has 0 aliphatic heterocycles. The van der Waals surface area contributed by atoms with Crippen LogP contribution in [-0.2, 0) is 24.2 Å². The lowest BCUT2D eigenvalue weighted by atomic mass is 10.00. The number of rotatable bonds is 11. The van der Waals surface area contributed by atoms with Crippen molar-refractivity contribution in [1.29, 1.82) is 0 Å². The number of amides is 1. The lowest BCUT2D eigenvalue weighted by Crippen LogP contribution is -2.49. The molecule has 1 aromatic heterocycles. The van der Waals surface area contributed by atoms with Gasteiger partial charge in [-0.25, -0.2) is 4.98 Å². The fourth-order valence-electron chi connectivity index (χ4n) is 4.18. The SMILES string of the molecule is COc1cccc(CNC[C@@H](O)[C@H](Cc2ccccc2)NC(=O)Cc2ccc3nc(C)[nH]c3c2)c1. The normalized spacial score (nSPS) is 12.9. The van der Waals surface area contributed by atoms with Crippen molar-refractivity contribution in [1.82, 2.24) is 20.6 Å². The van der Waals surface area contributed by atoms with Gasteiger partial charge in [0.2, 0.25) is 5.91 Å². The zero-order chi connectivity index (χ0) is 24.6. The van der Waals surface area contributed by atoms with Crippen LogP contribution in [0.25, 0.3) is 11.0 Å². The summed E-state index contributed by atoms with van der Waals surface area (Å²) in [5.74, 6) is 1.50. The predicted molar refractivity (Wildman–Crippen MR) is 137 cm³/mol. The summed E-state index contributed by atoms with van der Waals surface area (Å²) in [6.07, 6.45) is -0.00104. The number of aromatic amines is 1. The van der Waals surface area contributed by atoms with Crippen molar-refractivity contribution in [3.63, 3.8) is 0 Å². The van der Waals surface area contributed by atoms with E-state index >= 15 is 0 Å². The number of H-pyrrole nitrogens is 1. The van der Waals surface area contributed by atoms with Crippen LogP contribution in [-0.4, -0.2) is 46.8 Å². The number of carbonyl (C=O) groups excluding carboxylic acids is 1. The van der Waals surface area contributed by atoms with Gasteiger partial charge in [0.05, 0.1) is 36.7 Å². The number of imidazole rings is 1. The largest absolute Gasteiger partial charge is 0.497 e. The van der Waals surface area contributed by atoms with Crippen LogP contribution in [0.15, 0.2) is 72.8 Å². The third kappa shape index (κ3) is 6.91. The molecule has 4 N–H and O–H groups in total. The van der Waals surface area contributed by atoms with Crippen LogP contribution < -0.4 is 15.4 Å². The minimum atomic E-state index is -0.762. The fraction of sp³-hybridized carbons (Fsp3) is 0.286. The molecule has 0 aliphatic carbocycles. The highest BCUT2D eigenvalue weighted by Crippen LogP contribution is 2.15. The quantitative estimate of drug-likeness (QED) is 0.268. The second-order valence-electron chi connectivity index (χ2n) is 8.76. The van der Waals surface area contributed by atoms with E-state index in [4.69, 9.17) is 4.74 Å². The van der Waals surface area contributed by atoms with Crippen LogP contribution in [0.2, 0.25) is 0 Å². The Morgan fingerprint density at radius 3 is 2.63 bits per heavy atom. The topological polar surface area (TPSA) is 99.3 Å². The number of aryl methyl sites for hydroxylation is 1. The predicted octanol–water partition coefficient (Wildman–Crippen LogP) is 3.30. The monoisotopic (exact) mass is 472 g/mol. The van der Waals surface area contributed by atoms with Gasteiger partial charge >= 0.3 is 0 Å². The van der Waals surface area contributed by atoms with Gasteiger partial charge in [-0.2, -0.15) is 0 Å². The van der Waals surface area contributed by atoms with Crippen molar-refractivity contribution in [2.24, 2.45) is 0 Å². The minimum Gasteiger partial charge on any atom is -0.497 e. The van der Waals surface area contributed by atoms with Gasteiger partial charge < -0.3 is 25.5 Å². The molecule has 1 amide bonds. The summed E-state index contributed by atoms with van der Waals surface area (Å²) in [7, 11) is 1.64. The van der Waals surface area contributed by atoms with Crippen molar-refractivity contribution in [3.8, 4) is 5.75 Å². The summed E-state index contributed by atoms with van der Waals surface area (Å²) >= 11 is 0. The van der Waals surface area contributed by atoms with Crippen LogP contribution in [0, 0.1) is 6.92 Å². The summed E-state index contributed by atoms with van der Waals surface area (Å²) in [5.41, 5.74) is 4.80. The van der Waals surface area contributed by atoms with E-state index in [1.807, 2.05) is 79.7 Å². The summed E-state index contributed by atoms with van der Waals surface area (Å²) in [6, 6.07) is 23.0. The third-order valence-corrected chi connectivity index (χ3v) is 5.96. The first-order valence-electron chi connectivity index (χ1n) is 11.8. The number of nitrogens with zero attached hydrogens (tertiary/aromatic N) is 1. The van der Waals surface area contributed by atoms with Crippen LogP contribution in [0.5, 0.6) is 5.75 Å². The van der Waals surface area contributed by atoms with Gasteiger partial charge in [0.15, 0.2) is 0 Å². The summed E-state index contributed by atoms with van der Waals surface area (Å²) < 4.78 is 5.27. The van der Waals surface area contributed by atoms with E-state index in [9.17, 15) is 9.90 Å². The van der Waals surface area contributed by atoms with Gasteiger partial charge in [0, 0.05) is 13.1 Å². The Morgan fingerprint density at radius 2 is 1.83 bits per heavy atom. The molecule has 0 fully saturated rings. The maximum Gasteiger partial charge on any atom is 0.224 e. The maximum atomic E-state index is 12.9. The zero-order valence-electron chi connectivity index (χ0n) is 20.1. The molecule has 2 atom stereocenters. The van der Waals surface area contributed by atoms with Crippen molar-refractivity contribution in [2.45, 2.75) is 38.5 Å². The Labute approximate surface area is 205 Å². The third-order valence-electron chi connectivity index (χ3n) is 5.96. The first kappa shape index (κ1) is 24.4. The average Bonchev–Trinajstić information content (AvgIpc) is 3.23. The molecule has 0 saturated heterocycles. The van der Waals surface area contributed by atoms with Crippen molar-refractivity contribution < 1.29 is 14.6 Å². The average molecular weight is 473 g/mol. The number of nitrogens with one attached hydrogen (secondary N) is 3.